The molecule has 3 atom stereocenters. The van der Waals surface area contributed by atoms with Gasteiger partial charge in [-0.15, -0.1) is 12.4 Å². The highest BCUT2D eigenvalue weighted by Gasteiger charge is 2.47. The fraction of sp³-hybridized carbons (Fsp3) is 0.588. The number of fused-ring (bicyclic) bond motifs is 1. The first kappa shape index (κ1) is 16.4. The number of likely N-dealkylation sites (tertiary alicyclic amines) is 1. The van der Waals surface area contributed by atoms with Gasteiger partial charge in [-0.05, 0) is 48.9 Å². The first-order chi connectivity index (χ1) is 10.8. The van der Waals surface area contributed by atoms with Crippen LogP contribution in [0, 0.1) is 11.8 Å². The second kappa shape index (κ2) is 6.57. The molecule has 6 heteroatoms. The Balaban J connectivity index is 0.00000156. The molecule has 0 aromatic heterocycles. The molecule has 23 heavy (non-hydrogen) atoms. The number of benzene rings is 1. The van der Waals surface area contributed by atoms with Crippen LogP contribution in [0.15, 0.2) is 18.2 Å². The maximum absolute atomic E-state index is 12.6. The number of ether oxygens (including phenoxy) is 2. The molecule has 2 fully saturated rings. The zero-order valence-corrected chi connectivity index (χ0v) is 13.9. The van der Waals surface area contributed by atoms with Crippen LogP contribution in [-0.4, -0.2) is 43.7 Å². The lowest BCUT2D eigenvalue weighted by atomic mass is 10.1. The van der Waals surface area contributed by atoms with Gasteiger partial charge in [0.25, 0.3) is 0 Å². The van der Waals surface area contributed by atoms with Crippen LogP contribution in [0.2, 0.25) is 0 Å². The topological polar surface area (TPSA) is 64.8 Å². The minimum absolute atomic E-state index is 0. The summed E-state index contributed by atoms with van der Waals surface area (Å²) in [6.07, 6.45) is 1.99. The second-order valence-electron chi connectivity index (χ2n) is 6.53. The van der Waals surface area contributed by atoms with E-state index in [9.17, 15) is 4.79 Å². The fourth-order valence-corrected chi connectivity index (χ4v) is 3.59. The zero-order valence-electron chi connectivity index (χ0n) is 13.1. The molecular weight excluding hydrogens is 316 g/mol. The summed E-state index contributed by atoms with van der Waals surface area (Å²) in [5.74, 6) is 2.88. The number of hydrogen-bond donors (Lipinski definition) is 1. The molecule has 1 saturated carbocycles. The number of rotatable bonds is 3. The third-order valence-electron chi connectivity index (χ3n) is 5.03. The van der Waals surface area contributed by atoms with Crippen LogP contribution in [0.3, 0.4) is 0 Å². The molecule has 2 aliphatic heterocycles. The monoisotopic (exact) mass is 338 g/mol. The van der Waals surface area contributed by atoms with Gasteiger partial charge in [0.05, 0.1) is 0 Å². The van der Waals surface area contributed by atoms with E-state index in [4.69, 9.17) is 15.2 Å². The SMILES string of the molecule is Cl.NCC1CCN(C(=O)C2CC2c2ccc3c(c2)OCCO3)C1. The summed E-state index contributed by atoms with van der Waals surface area (Å²) in [5, 5.41) is 0. The van der Waals surface area contributed by atoms with Crippen molar-refractivity contribution < 1.29 is 14.3 Å². The van der Waals surface area contributed by atoms with Crippen molar-refractivity contribution in [3.05, 3.63) is 23.8 Å². The Labute approximate surface area is 142 Å². The second-order valence-corrected chi connectivity index (χ2v) is 6.53. The van der Waals surface area contributed by atoms with Crippen molar-refractivity contribution in [3.63, 3.8) is 0 Å². The van der Waals surface area contributed by atoms with Crippen LogP contribution in [0.4, 0.5) is 0 Å². The molecule has 0 spiro atoms. The Morgan fingerprint density at radius 1 is 1.26 bits per heavy atom. The van der Waals surface area contributed by atoms with E-state index in [1.165, 1.54) is 5.56 Å². The van der Waals surface area contributed by atoms with Crippen LogP contribution < -0.4 is 15.2 Å². The van der Waals surface area contributed by atoms with Gasteiger partial charge in [0, 0.05) is 19.0 Å². The highest BCUT2D eigenvalue weighted by atomic mass is 35.5. The molecule has 1 aromatic rings. The Kier molecular flexibility index (Phi) is 4.69. The van der Waals surface area contributed by atoms with E-state index in [0.717, 1.165) is 37.4 Å². The van der Waals surface area contributed by atoms with Crippen molar-refractivity contribution in [2.24, 2.45) is 17.6 Å². The Hall–Kier alpha value is -1.46. The standard InChI is InChI=1S/C17H22N2O3.ClH/c18-9-11-3-4-19(10-11)17(20)14-8-13(14)12-1-2-15-16(7-12)22-6-5-21-15;/h1-2,7,11,13-14H,3-6,8-10,18H2;1H. The van der Waals surface area contributed by atoms with Crippen LogP contribution in [-0.2, 0) is 4.79 Å². The lowest BCUT2D eigenvalue weighted by molar-refractivity contribution is -0.131. The van der Waals surface area contributed by atoms with Crippen molar-refractivity contribution in [1.29, 1.82) is 0 Å². The van der Waals surface area contributed by atoms with E-state index in [2.05, 4.69) is 6.07 Å². The van der Waals surface area contributed by atoms with Gasteiger partial charge < -0.3 is 20.1 Å². The fourth-order valence-electron chi connectivity index (χ4n) is 3.59. The third kappa shape index (κ3) is 3.12. The molecule has 4 rings (SSSR count). The maximum atomic E-state index is 12.6. The number of halogens is 1. The summed E-state index contributed by atoms with van der Waals surface area (Å²) in [4.78, 5) is 14.6. The minimum atomic E-state index is 0. The van der Waals surface area contributed by atoms with Gasteiger partial charge in [-0.3, -0.25) is 4.79 Å². The van der Waals surface area contributed by atoms with E-state index < -0.39 is 0 Å². The van der Waals surface area contributed by atoms with Crippen LogP contribution in [0.1, 0.15) is 24.3 Å². The Morgan fingerprint density at radius 3 is 2.78 bits per heavy atom. The predicted molar refractivity (Wildman–Crippen MR) is 89.3 cm³/mol. The highest BCUT2D eigenvalue weighted by molar-refractivity contribution is 5.85. The molecule has 3 aliphatic rings. The lowest BCUT2D eigenvalue weighted by Gasteiger charge is -2.19. The van der Waals surface area contributed by atoms with Gasteiger partial charge >= 0.3 is 0 Å². The summed E-state index contributed by atoms with van der Waals surface area (Å²) in [6.45, 7) is 3.58. The molecule has 1 aliphatic carbocycles. The molecule has 5 nitrogen and oxygen atoms in total. The Bertz CT molecular complexity index is 595. The molecule has 1 saturated heterocycles. The van der Waals surface area contributed by atoms with Gasteiger partial charge in [0.2, 0.25) is 5.91 Å². The van der Waals surface area contributed by atoms with Crippen molar-refractivity contribution in [3.8, 4) is 11.5 Å². The van der Waals surface area contributed by atoms with Crippen molar-refractivity contribution in [2.45, 2.75) is 18.8 Å². The van der Waals surface area contributed by atoms with Crippen molar-refractivity contribution in [1.82, 2.24) is 4.90 Å². The van der Waals surface area contributed by atoms with Gasteiger partial charge in [-0.1, -0.05) is 6.07 Å². The molecule has 0 radical (unpaired) electrons. The van der Waals surface area contributed by atoms with Crippen molar-refractivity contribution in [2.75, 3.05) is 32.8 Å². The van der Waals surface area contributed by atoms with Crippen LogP contribution >= 0.6 is 12.4 Å². The molecule has 2 heterocycles. The largest absolute Gasteiger partial charge is 0.486 e. The van der Waals surface area contributed by atoms with E-state index in [-0.39, 0.29) is 18.3 Å². The smallest absolute Gasteiger partial charge is 0.226 e. The van der Waals surface area contributed by atoms with E-state index in [0.29, 0.717) is 37.5 Å². The number of amides is 1. The average Bonchev–Trinajstić information content (AvgIpc) is 3.22. The van der Waals surface area contributed by atoms with Crippen molar-refractivity contribution >= 4 is 18.3 Å². The van der Waals surface area contributed by atoms with E-state index in [1.807, 2.05) is 17.0 Å². The number of carbonyl (C=O) groups is 1. The molecule has 2 N–H and O–H groups in total. The summed E-state index contributed by atoms with van der Waals surface area (Å²) in [5.41, 5.74) is 6.90. The Morgan fingerprint density at radius 2 is 2.04 bits per heavy atom. The molecule has 126 valence electrons. The summed E-state index contributed by atoms with van der Waals surface area (Å²) in [7, 11) is 0. The highest BCUT2D eigenvalue weighted by Crippen LogP contribution is 2.50. The van der Waals surface area contributed by atoms with Crippen LogP contribution in [0.25, 0.3) is 0 Å². The molecule has 0 bridgehead atoms. The summed E-state index contributed by atoms with van der Waals surface area (Å²) < 4.78 is 11.2. The lowest BCUT2D eigenvalue weighted by Crippen LogP contribution is -2.31. The average molecular weight is 339 g/mol. The predicted octanol–water partition coefficient (Wildman–Crippen LogP) is 1.79. The first-order valence-corrected chi connectivity index (χ1v) is 8.14. The molecule has 3 unspecified atom stereocenters. The number of nitrogens with two attached hydrogens (primary N) is 1. The maximum Gasteiger partial charge on any atom is 0.226 e. The third-order valence-corrected chi connectivity index (χ3v) is 5.03. The normalized spacial score (nSPS) is 28.2. The summed E-state index contributed by atoms with van der Waals surface area (Å²) in [6, 6.07) is 6.07. The number of carbonyl (C=O) groups excluding carboxylic acids is 1. The van der Waals surface area contributed by atoms with E-state index >= 15 is 0 Å². The number of hydrogen-bond acceptors (Lipinski definition) is 4. The van der Waals surface area contributed by atoms with Gasteiger partial charge in [-0.25, -0.2) is 0 Å². The summed E-state index contributed by atoms with van der Waals surface area (Å²) >= 11 is 0. The van der Waals surface area contributed by atoms with Crippen LogP contribution in [0.5, 0.6) is 11.5 Å². The molecule has 1 amide bonds. The molecule has 1 aromatic carbocycles. The zero-order chi connectivity index (χ0) is 15.1. The van der Waals surface area contributed by atoms with Gasteiger partial charge in [0.15, 0.2) is 11.5 Å². The van der Waals surface area contributed by atoms with E-state index in [1.54, 1.807) is 0 Å². The molecular formula is C17H23ClN2O3. The first-order valence-electron chi connectivity index (χ1n) is 8.14. The van der Waals surface area contributed by atoms with Gasteiger partial charge in [-0.2, -0.15) is 0 Å². The number of nitrogens with zero attached hydrogens (tertiary/aromatic N) is 1. The quantitative estimate of drug-likeness (QED) is 0.912. The minimum Gasteiger partial charge on any atom is -0.486 e. The van der Waals surface area contributed by atoms with Gasteiger partial charge in [0.1, 0.15) is 13.2 Å².